The van der Waals surface area contributed by atoms with Gasteiger partial charge in [-0.05, 0) is 24.1 Å². The van der Waals surface area contributed by atoms with E-state index < -0.39 is 0 Å². The van der Waals surface area contributed by atoms with Crippen LogP contribution in [0.25, 0.3) is 0 Å². The van der Waals surface area contributed by atoms with E-state index in [1.807, 2.05) is 35.2 Å². The molecule has 1 aliphatic rings. The van der Waals surface area contributed by atoms with E-state index in [-0.39, 0.29) is 5.91 Å². The van der Waals surface area contributed by atoms with Crippen molar-refractivity contribution in [1.82, 2.24) is 9.80 Å². The van der Waals surface area contributed by atoms with Crippen LogP contribution < -0.4 is 0 Å². The highest BCUT2D eigenvalue weighted by Crippen LogP contribution is 2.24. The Labute approximate surface area is 159 Å². The fraction of sp³-hybridized carbons (Fsp3) is 0.333. The number of piperazine rings is 1. The van der Waals surface area contributed by atoms with Crippen molar-refractivity contribution < 1.29 is 4.79 Å². The van der Waals surface area contributed by atoms with Gasteiger partial charge in [0.05, 0.1) is 17.4 Å². The van der Waals surface area contributed by atoms with Crippen LogP contribution in [-0.2, 0) is 6.42 Å². The molecule has 134 valence electrons. The summed E-state index contributed by atoms with van der Waals surface area (Å²) in [6.45, 7) is 4.36. The topological polar surface area (TPSA) is 47.3 Å². The van der Waals surface area contributed by atoms with Gasteiger partial charge in [-0.15, -0.1) is 11.8 Å². The molecule has 0 unspecified atom stereocenters. The van der Waals surface area contributed by atoms with E-state index >= 15 is 0 Å². The van der Waals surface area contributed by atoms with Crippen LogP contribution in [0.4, 0.5) is 0 Å². The summed E-state index contributed by atoms with van der Waals surface area (Å²) in [6.07, 6.45) is 1.04. The van der Waals surface area contributed by atoms with Crippen LogP contribution in [-0.4, -0.2) is 54.2 Å². The average Bonchev–Trinajstić information content (AvgIpc) is 2.71. The normalized spacial score (nSPS) is 14.8. The highest BCUT2D eigenvalue weighted by molar-refractivity contribution is 7.99. The standard InChI is InChI=1S/C21H23N3OS/c22-11-17-26-20-9-5-4-8-19(20)21(25)24-15-13-23(14-16-24)12-10-18-6-2-1-3-7-18/h1-9H,10,12-17H2. The number of thioether (sulfide) groups is 1. The van der Waals surface area contributed by atoms with Crippen molar-refractivity contribution in [2.24, 2.45) is 0 Å². The van der Waals surface area contributed by atoms with E-state index in [2.05, 4.69) is 35.2 Å². The maximum atomic E-state index is 12.9. The first kappa shape index (κ1) is 18.5. The van der Waals surface area contributed by atoms with Gasteiger partial charge in [-0.2, -0.15) is 5.26 Å². The molecule has 4 nitrogen and oxygen atoms in total. The fourth-order valence-electron chi connectivity index (χ4n) is 3.16. The van der Waals surface area contributed by atoms with E-state index in [1.165, 1.54) is 17.3 Å². The molecule has 3 rings (SSSR count). The van der Waals surface area contributed by atoms with Crippen molar-refractivity contribution in [3.05, 3.63) is 65.7 Å². The van der Waals surface area contributed by atoms with Crippen molar-refractivity contribution in [2.75, 3.05) is 38.5 Å². The summed E-state index contributed by atoms with van der Waals surface area (Å²) >= 11 is 1.43. The Kier molecular flexibility index (Phi) is 6.70. The van der Waals surface area contributed by atoms with Crippen molar-refractivity contribution in [3.63, 3.8) is 0 Å². The van der Waals surface area contributed by atoms with Crippen molar-refractivity contribution in [3.8, 4) is 6.07 Å². The van der Waals surface area contributed by atoms with E-state index in [0.717, 1.165) is 44.0 Å². The minimum atomic E-state index is 0.0775. The minimum Gasteiger partial charge on any atom is -0.336 e. The zero-order chi connectivity index (χ0) is 18.2. The summed E-state index contributed by atoms with van der Waals surface area (Å²) in [7, 11) is 0. The second kappa shape index (κ2) is 9.42. The highest BCUT2D eigenvalue weighted by atomic mass is 32.2. The third-order valence-corrected chi connectivity index (χ3v) is 5.57. The maximum Gasteiger partial charge on any atom is 0.255 e. The molecule has 5 heteroatoms. The van der Waals surface area contributed by atoms with E-state index in [1.54, 1.807) is 0 Å². The molecular formula is C21H23N3OS. The van der Waals surface area contributed by atoms with Crippen LogP contribution in [0.5, 0.6) is 0 Å². The van der Waals surface area contributed by atoms with E-state index in [9.17, 15) is 4.79 Å². The van der Waals surface area contributed by atoms with Crippen LogP contribution in [0.2, 0.25) is 0 Å². The lowest BCUT2D eigenvalue weighted by atomic mass is 10.1. The quantitative estimate of drug-likeness (QED) is 0.737. The van der Waals surface area contributed by atoms with Crippen LogP contribution in [0.15, 0.2) is 59.5 Å². The Morgan fingerprint density at radius 2 is 1.69 bits per heavy atom. The molecule has 1 saturated heterocycles. The molecule has 0 aliphatic carbocycles. The van der Waals surface area contributed by atoms with Gasteiger partial charge in [0.25, 0.3) is 5.91 Å². The summed E-state index contributed by atoms with van der Waals surface area (Å²) in [4.78, 5) is 18.1. The number of carbonyl (C=O) groups excluding carboxylic acids is 1. The summed E-state index contributed by atoms with van der Waals surface area (Å²) < 4.78 is 0. The molecule has 2 aromatic carbocycles. The molecule has 1 aliphatic heterocycles. The second-order valence-electron chi connectivity index (χ2n) is 6.31. The number of benzene rings is 2. The summed E-state index contributed by atoms with van der Waals surface area (Å²) in [5, 5.41) is 8.80. The average molecular weight is 366 g/mol. The largest absolute Gasteiger partial charge is 0.336 e. The second-order valence-corrected chi connectivity index (χ2v) is 7.33. The molecule has 0 N–H and O–H groups in total. The Bertz CT molecular complexity index is 764. The molecule has 2 aromatic rings. The SMILES string of the molecule is N#CCSc1ccccc1C(=O)N1CCN(CCc2ccccc2)CC1. The van der Waals surface area contributed by atoms with Gasteiger partial charge in [0.15, 0.2) is 0 Å². The van der Waals surface area contributed by atoms with Crippen LogP contribution >= 0.6 is 11.8 Å². The zero-order valence-electron chi connectivity index (χ0n) is 14.8. The lowest BCUT2D eigenvalue weighted by Gasteiger charge is -2.35. The number of amides is 1. The Hall–Kier alpha value is -2.29. The third kappa shape index (κ3) is 4.87. The number of rotatable bonds is 6. The number of carbonyl (C=O) groups is 1. The number of nitriles is 1. The number of nitrogens with zero attached hydrogens (tertiary/aromatic N) is 3. The predicted molar refractivity (Wildman–Crippen MR) is 105 cm³/mol. The minimum absolute atomic E-state index is 0.0775. The van der Waals surface area contributed by atoms with Gasteiger partial charge in [0.1, 0.15) is 0 Å². The van der Waals surface area contributed by atoms with E-state index in [0.29, 0.717) is 11.3 Å². The van der Waals surface area contributed by atoms with Gasteiger partial charge in [-0.1, -0.05) is 42.5 Å². The number of hydrogen-bond donors (Lipinski definition) is 0. The summed E-state index contributed by atoms with van der Waals surface area (Å²) in [5.41, 5.74) is 2.07. The molecule has 0 bridgehead atoms. The first-order valence-corrected chi connectivity index (χ1v) is 9.91. The first-order valence-electron chi connectivity index (χ1n) is 8.92. The molecule has 0 aromatic heterocycles. The van der Waals surface area contributed by atoms with Gasteiger partial charge in [-0.3, -0.25) is 9.69 Å². The van der Waals surface area contributed by atoms with Crippen molar-refractivity contribution in [2.45, 2.75) is 11.3 Å². The molecule has 0 radical (unpaired) electrons. The van der Waals surface area contributed by atoms with Gasteiger partial charge in [0.2, 0.25) is 0 Å². The van der Waals surface area contributed by atoms with Gasteiger partial charge >= 0.3 is 0 Å². The van der Waals surface area contributed by atoms with Crippen LogP contribution in [0.1, 0.15) is 15.9 Å². The van der Waals surface area contributed by atoms with Crippen molar-refractivity contribution >= 4 is 17.7 Å². The zero-order valence-corrected chi connectivity index (χ0v) is 15.6. The lowest BCUT2D eigenvalue weighted by Crippen LogP contribution is -2.49. The van der Waals surface area contributed by atoms with Gasteiger partial charge in [0, 0.05) is 37.6 Å². The monoisotopic (exact) mass is 365 g/mol. The van der Waals surface area contributed by atoms with Gasteiger partial charge < -0.3 is 4.90 Å². The molecular weight excluding hydrogens is 342 g/mol. The number of hydrogen-bond acceptors (Lipinski definition) is 4. The smallest absolute Gasteiger partial charge is 0.255 e. The van der Waals surface area contributed by atoms with Crippen molar-refractivity contribution in [1.29, 1.82) is 5.26 Å². The van der Waals surface area contributed by atoms with Gasteiger partial charge in [-0.25, -0.2) is 0 Å². The molecule has 0 saturated carbocycles. The van der Waals surface area contributed by atoms with Crippen LogP contribution in [0.3, 0.4) is 0 Å². The predicted octanol–water partition coefficient (Wildman–Crippen LogP) is 3.30. The first-order chi connectivity index (χ1) is 12.8. The van der Waals surface area contributed by atoms with Crippen LogP contribution in [0, 0.1) is 11.3 Å². The Morgan fingerprint density at radius 1 is 1.00 bits per heavy atom. The molecule has 1 amide bonds. The molecule has 0 spiro atoms. The van der Waals surface area contributed by atoms with E-state index in [4.69, 9.17) is 5.26 Å². The molecule has 26 heavy (non-hydrogen) atoms. The summed E-state index contributed by atoms with van der Waals surface area (Å²) in [5.74, 6) is 0.436. The molecule has 0 atom stereocenters. The highest BCUT2D eigenvalue weighted by Gasteiger charge is 2.23. The maximum absolute atomic E-state index is 12.9. The third-order valence-electron chi connectivity index (χ3n) is 4.63. The Balaban J connectivity index is 1.53. The molecule has 1 heterocycles. The lowest BCUT2D eigenvalue weighted by molar-refractivity contribution is 0.0635. The Morgan fingerprint density at radius 3 is 2.42 bits per heavy atom. The molecule has 1 fully saturated rings. The summed E-state index contributed by atoms with van der Waals surface area (Å²) in [6, 6.07) is 20.2. The fourth-order valence-corrected chi connectivity index (χ4v) is 3.86.